The first-order valence-corrected chi connectivity index (χ1v) is 8.79. The molecule has 1 aromatic heterocycles. The highest BCUT2D eigenvalue weighted by Gasteiger charge is 1.95. The Hall–Kier alpha value is -3.13. The van der Waals surface area contributed by atoms with Crippen LogP contribution >= 0.6 is 0 Å². The Morgan fingerprint density at radius 1 is 0.577 bits per heavy atom. The lowest BCUT2D eigenvalue weighted by molar-refractivity contribution is -0.671. The quantitative estimate of drug-likeness (QED) is 0.472. The van der Waals surface area contributed by atoms with Crippen LogP contribution in [0.5, 0.6) is 0 Å². The maximum Gasteiger partial charge on any atom is 0.169 e. The first kappa shape index (κ1) is 17.7. The van der Waals surface area contributed by atoms with Crippen LogP contribution in [0, 0.1) is 0 Å². The van der Waals surface area contributed by atoms with Gasteiger partial charge in [-0.1, -0.05) is 60.7 Å². The first-order valence-electron chi connectivity index (χ1n) is 8.79. The minimum atomic E-state index is 1.20. The zero-order chi connectivity index (χ0) is 18.4. The molecule has 0 saturated carbocycles. The third-order valence-electron chi connectivity index (χ3n) is 4.29. The van der Waals surface area contributed by atoms with Gasteiger partial charge in [0.15, 0.2) is 12.4 Å². The van der Waals surface area contributed by atoms with Gasteiger partial charge < -0.3 is 4.90 Å². The number of aromatic nitrogens is 1. The van der Waals surface area contributed by atoms with Gasteiger partial charge in [0.1, 0.15) is 7.05 Å². The molecule has 130 valence electrons. The van der Waals surface area contributed by atoms with Crippen LogP contribution in [0.3, 0.4) is 0 Å². The van der Waals surface area contributed by atoms with Crippen molar-refractivity contribution in [3.05, 3.63) is 95.3 Å². The summed E-state index contributed by atoms with van der Waals surface area (Å²) < 4.78 is 2.03. The Kier molecular flexibility index (Phi) is 5.65. The second kappa shape index (κ2) is 8.30. The smallest absolute Gasteiger partial charge is 0.169 e. The van der Waals surface area contributed by atoms with Gasteiger partial charge in [-0.2, -0.15) is 0 Å². The summed E-state index contributed by atoms with van der Waals surface area (Å²) in [6.07, 6.45) is 12.7. The highest BCUT2D eigenvalue weighted by Crippen LogP contribution is 2.15. The van der Waals surface area contributed by atoms with E-state index in [1.165, 1.54) is 27.9 Å². The average molecular weight is 341 g/mol. The van der Waals surface area contributed by atoms with Crippen LogP contribution in [0.25, 0.3) is 24.3 Å². The highest BCUT2D eigenvalue weighted by molar-refractivity contribution is 5.73. The Morgan fingerprint density at radius 3 is 1.31 bits per heavy atom. The van der Waals surface area contributed by atoms with Crippen molar-refractivity contribution in [2.24, 2.45) is 7.05 Å². The summed E-state index contributed by atoms with van der Waals surface area (Å²) in [5.74, 6) is 0. The molecule has 0 atom stereocenters. The number of benzene rings is 2. The van der Waals surface area contributed by atoms with Crippen molar-refractivity contribution in [3.8, 4) is 0 Å². The van der Waals surface area contributed by atoms with E-state index in [0.29, 0.717) is 0 Å². The Labute approximate surface area is 156 Å². The van der Waals surface area contributed by atoms with Crippen LogP contribution in [0.1, 0.15) is 22.3 Å². The van der Waals surface area contributed by atoms with Crippen LogP contribution in [0.15, 0.2) is 73.1 Å². The van der Waals surface area contributed by atoms with E-state index in [9.17, 15) is 0 Å². The fraction of sp³-hybridized carbons (Fsp3) is 0.125. The normalized spacial score (nSPS) is 11.3. The third-order valence-corrected chi connectivity index (χ3v) is 4.29. The van der Waals surface area contributed by atoms with E-state index < -0.39 is 0 Å². The van der Waals surface area contributed by atoms with Crippen molar-refractivity contribution < 1.29 is 4.57 Å². The van der Waals surface area contributed by atoms with Gasteiger partial charge in [-0.25, -0.2) is 4.57 Å². The Morgan fingerprint density at radius 2 is 0.923 bits per heavy atom. The van der Waals surface area contributed by atoms with Gasteiger partial charge >= 0.3 is 0 Å². The second-order valence-electron chi connectivity index (χ2n) is 6.62. The van der Waals surface area contributed by atoms with Crippen LogP contribution in [-0.4, -0.2) is 14.1 Å². The lowest BCUT2D eigenvalue weighted by Crippen LogP contribution is -2.25. The van der Waals surface area contributed by atoms with Crippen LogP contribution in [-0.2, 0) is 7.05 Å². The Balaban J connectivity index is 1.64. The number of anilines is 1. The van der Waals surface area contributed by atoms with Crippen LogP contribution in [0.4, 0.5) is 5.69 Å². The summed E-state index contributed by atoms with van der Waals surface area (Å²) in [4.78, 5) is 2.11. The molecule has 1 heterocycles. The predicted octanol–water partition coefficient (Wildman–Crippen LogP) is 4.92. The van der Waals surface area contributed by atoms with Crippen molar-refractivity contribution in [2.75, 3.05) is 19.0 Å². The molecule has 2 nitrogen and oxygen atoms in total. The van der Waals surface area contributed by atoms with E-state index in [-0.39, 0.29) is 0 Å². The fourth-order valence-corrected chi connectivity index (χ4v) is 2.61. The minimum absolute atomic E-state index is 1.20. The number of nitrogens with zero attached hydrogens (tertiary/aromatic N) is 2. The molecule has 0 spiro atoms. The summed E-state index contributed by atoms with van der Waals surface area (Å²) in [6, 6.07) is 21.4. The van der Waals surface area contributed by atoms with Gasteiger partial charge in [-0.15, -0.1) is 0 Å². The monoisotopic (exact) mass is 341 g/mol. The molecule has 0 aliphatic heterocycles. The largest absolute Gasteiger partial charge is 0.378 e. The van der Waals surface area contributed by atoms with Gasteiger partial charge in [0.25, 0.3) is 0 Å². The van der Waals surface area contributed by atoms with Crippen molar-refractivity contribution in [2.45, 2.75) is 0 Å². The molecule has 26 heavy (non-hydrogen) atoms. The number of rotatable bonds is 5. The summed E-state index contributed by atoms with van der Waals surface area (Å²) in [7, 11) is 6.13. The summed E-state index contributed by atoms with van der Waals surface area (Å²) in [5, 5.41) is 0. The molecule has 0 aliphatic rings. The lowest BCUT2D eigenvalue weighted by Gasteiger charge is -2.11. The van der Waals surface area contributed by atoms with E-state index in [0.717, 1.165) is 0 Å². The molecule has 0 bridgehead atoms. The van der Waals surface area contributed by atoms with Crippen molar-refractivity contribution in [3.63, 3.8) is 0 Å². The number of pyridine rings is 1. The molecular formula is C24H25N2+. The number of hydrogen-bond donors (Lipinski definition) is 0. The molecule has 2 heteroatoms. The molecule has 2 aromatic carbocycles. The average Bonchev–Trinajstić information content (AvgIpc) is 2.67. The molecular weight excluding hydrogens is 316 g/mol. The molecule has 0 saturated heterocycles. The SMILES string of the molecule is CN(C)c1ccc(/C=C/c2ccc(/C=C/c3cc[n+](C)cc3)cc2)cc1. The van der Waals surface area contributed by atoms with E-state index >= 15 is 0 Å². The molecule has 3 aromatic rings. The molecule has 0 fully saturated rings. The van der Waals surface area contributed by atoms with Gasteiger partial charge in [0.05, 0.1) is 0 Å². The highest BCUT2D eigenvalue weighted by atomic mass is 15.1. The maximum atomic E-state index is 2.15. The van der Waals surface area contributed by atoms with Gasteiger partial charge in [0.2, 0.25) is 0 Å². The predicted molar refractivity (Wildman–Crippen MR) is 113 cm³/mol. The van der Waals surface area contributed by atoms with Crippen molar-refractivity contribution in [1.82, 2.24) is 0 Å². The van der Waals surface area contributed by atoms with Crippen LogP contribution < -0.4 is 9.47 Å². The third kappa shape index (κ3) is 4.93. The fourth-order valence-electron chi connectivity index (χ4n) is 2.61. The molecule has 0 aliphatic carbocycles. The maximum absolute atomic E-state index is 2.15. The summed E-state index contributed by atoms with van der Waals surface area (Å²) in [5.41, 5.74) is 6.02. The zero-order valence-electron chi connectivity index (χ0n) is 15.6. The summed E-state index contributed by atoms with van der Waals surface area (Å²) >= 11 is 0. The first-order chi connectivity index (χ1) is 12.6. The molecule has 0 radical (unpaired) electrons. The van der Waals surface area contributed by atoms with Gasteiger partial charge in [-0.05, 0) is 34.4 Å². The number of hydrogen-bond acceptors (Lipinski definition) is 1. The van der Waals surface area contributed by atoms with Crippen LogP contribution in [0.2, 0.25) is 0 Å². The van der Waals surface area contributed by atoms with E-state index in [1.54, 1.807) is 0 Å². The molecule has 0 unspecified atom stereocenters. The van der Waals surface area contributed by atoms with Gasteiger partial charge in [-0.3, -0.25) is 0 Å². The van der Waals surface area contributed by atoms with Crippen molar-refractivity contribution >= 4 is 30.0 Å². The molecule has 0 amide bonds. The molecule has 3 rings (SSSR count). The number of aryl methyl sites for hydroxylation is 1. The lowest BCUT2D eigenvalue weighted by atomic mass is 10.1. The van der Waals surface area contributed by atoms with Gasteiger partial charge in [0, 0.05) is 31.9 Å². The second-order valence-corrected chi connectivity index (χ2v) is 6.62. The Bertz CT molecular complexity index is 884. The summed E-state index contributed by atoms with van der Waals surface area (Å²) in [6.45, 7) is 0. The topological polar surface area (TPSA) is 7.12 Å². The molecule has 0 N–H and O–H groups in total. The standard InChI is InChI=1S/C24H25N2/c1-25(2)24-14-12-22(13-15-24)9-8-20-4-6-21(7-5-20)10-11-23-16-18-26(3)19-17-23/h4-19H,1-3H3/q+1. The van der Waals surface area contributed by atoms with E-state index in [1.807, 2.05) is 11.6 Å². The van der Waals surface area contributed by atoms with Crippen molar-refractivity contribution in [1.29, 1.82) is 0 Å². The van der Waals surface area contributed by atoms with E-state index in [2.05, 4.69) is 116 Å². The minimum Gasteiger partial charge on any atom is -0.378 e. The zero-order valence-corrected chi connectivity index (χ0v) is 15.6. The van der Waals surface area contributed by atoms with E-state index in [4.69, 9.17) is 0 Å².